The van der Waals surface area contributed by atoms with Gasteiger partial charge in [-0.1, -0.05) is 0 Å². The summed E-state index contributed by atoms with van der Waals surface area (Å²) < 4.78 is 8.55. The Bertz CT molecular complexity index is 437. The first-order valence-corrected chi connectivity index (χ1v) is 4.63. The molecule has 0 aromatic rings. The van der Waals surface area contributed by atoms with Crippen LogP contribution in [0.1, 0.15) is 6.92 Å². The van der Waals surface area contributed by atoms with Crippen molar-refractivity contribution in [3.05, 3.63) is 11.5 Å². The molecule has 0 radical (unpaired) electrons. The Morgan fingerprint density at radius 1 is 1.44 bits per heavy atom. The molecular formula is C9H10O9. The number of ether oxygens (including phenoxy) is 2. The number of hydrogen-bond donors (Lipinski definition) is 4. The first-order valence-electron chi connectivity index (χ1n) is 4.63. The number of carbonyl (C=O) groups excluding carboxylic acids is 3. The lowest BCUT2D eigenvalue weighted by Crippen LogP contribution is -2.51. The molecule has 0 fully saturated rings. The lowest BCUT2D eigenvalue weighted by molar-refractivity contribution is -0.258. The molecule has 9 nitrogen and oxygen atoms in total. The molecule has 0 bridgehead atoms. The Morgan fingerprint density at radius 3 is 2.33 bits per heavy atom. The van der Waals surface area contributed by atoms with E-state index in [0.717, 1.165) is 6.92 Å². The van der Waals surface area contributed by atoms with Gasteiger partial charge in [-0.3, -0.25) is 4.79 Å². The molecule has 0 aromatic heterocycles. The van der Waals surface area contributed by atoms with Crippen LogP contribution in [0.25, 0.3) is 0 Å². The summed E-state index contributed by atoms with van der Waals surface area (Å²) in [5.74, 6) is -9.14. The van der Waals surface area contributed by atoms with Crippen LogP contribution in [0.4, 0.5) is 0 Å². The zero-order valence-electron chi connectivity index (χ0n) is 9.11. The summed E-state index contributed by atoms with van der Waals surface area (Å²) in [6.45, 7) is -0.435. The Kier molecular flexibility index (Phi) is 3.58. The summed E-state index contributed by atoms with van der Waals surface area (Å²) in [6.07, 6.45) is -2.02. The third kappa shape index (κ3) is 2.26. The van der Waals surface area contributed by atoms with E-state index >= 15 is 0 Å². The van der Waals surface area contributed by atoms with Gasteiger partial charge in [0.1, 0.15) is 6.61 Å². The summed E-state index contributed by atoms with van der Waals surface area (Å²) in [6, 6.07) is 0. The highest BCUT2D eigenvalue weighted by molar-refractivity contribution is 6.32. The van der Waals surface area contributed by atoms with Gasteiger partial charge < -0.3 is 29.9 Å². The molecule has 0 spiro atoms. The lowest BCUT2D eigenvalue weighted by atomic mass is 10.1. The molecule has 0 aromatic carbocycles. The van der Waals surface area contributed by atoms with Crippen LogP contribution in [0.15, 0.2) is 11.5 Å². The van der Waals surface area contributed by atoms with Crippen LogP contribution in [0.3, 0.4) is 0 Å². The predicted molar refractivity (Wildman–Crippen MR) is 51.0 cm³/mol. The second-order valence-electron chi connectivity index (χ2n) is 3.47. The number of rotatable bonds is 4. The molecule has 0 saturated carbocycles. The van der Waals surface area contributed by atoms with Crippen molar-refractivity contribution in [2.45, 2.75) is 18.8 Å². The van der Waals surface area contributed by atoms with Crippen LogP contribution in [-0.2, 0) is 23.9 Å². The third-order valence-electron chi connectivity index (χ3n) is 2.10. The van der Waals surface area contributed by atoms with Crippen molar-refractivity contribution in [1.82, 2.24) is 0 Å². The first kappa shape index (κ1) is 13.9. The van der Waals surface area contributed by atoms with Crippen molar-refractivity contribution in [2.75, 3.05) is 6.61 Å². The second kappa shape index (κ2) is 4.63. The minimum absolute atomic E-state index is 0.841. The van der Waals surface area contributed by atoms with Crippen molar-refractivity contribution in [3.8, 4) is 0 Å². The number of carbonyl (C=O) groups is 3. The number of aliphatic hydroxyl groups is 4. The zero-order chi connectivity index (χ0) is 14.1. The van der Waals surface area contributed by atoms with Crippen molar-refractivity contribution >= 4 is 17.7 Å². The van der Waals surface area contributed by atoms with Crippen molar-refractivity contribution in [3.63, 3.8) is 0 Å². The Morgan fingerprint density at radius 2 is 2.00 bits per heavy atom. The summed E-state index contributed by atoms with van der Waals surface area (Å²) >= 11 is 0. The fourth-order valence-electron chi connectivity index (χ4n) is 1.15. The highest BCUT2D eigenvalue weighted by Crippen LogP contribution is 2.28. The van der Waals surface area contributed by atoms with Gasteiger partial charge in [0.2, 0.25) is 17.6 Å². The maximum Gasteiger partial charge on any atom is 0.378 e. The van der Waals surface area contributed by atoms with Crippen LogP contribution in [0.5, 0.6) is 0 Å². The van der Waals surface area contributed by atoms with E-state index < -0.39 is 47.7 Å². The van der Waals surface area contributed by atoms with Crippen LogP contribution >= 0.6 is 0 Å². The standard InChI is InChI=1S/C9H10O9/c1-3(11)7(14)18-9(16,2-10)6-4(12)5(13)8(15)17-6/h6,10,12-13,16H,2H2,1H3/t6-,9+/m0/s1. The SMILES string of the molecule is CC(=O)C(=O)O[C@](O)(CO)[C@H]1OC(=O)C(O)=C1O. The van der Waals surface area contributed by atoms with E-state index in [-0.39, 0.29) is 0 Å². The number of hydrogen-bond acceptors (Lipinski definition) is 9. The first-order chi connectivity index (χ1) is 8.23. The van der Waals surface area contributed by atoms with Crippen molar-refractivity contribution in [1.29, 1.82) is 0 Å². The fraction of sp³-hybridized carbons (Fsp3) is 0.444. The van der Waals surface area contributed by atoms with Crippen LogP contribution in [0.2, 0.25) is 0 Å². The minimum Gasteiger partial charge on any atom is -0.505 e. The number of ketones is 1. The van der Waals surface area contributed by atoms with Gasteiger partial charge in [-0.2, -0.15) is 0 Å². The maximum absolute atomic E-state index is 11.0. The van der Waals surface area contributed by atoms with Crippen molar-refractivity contribution in [2.24, 2.45) is 0 Å². The predicted octanol–water partition coefficient (Wildman–Crippen LogP) is -1.95. The average molecular weight is 262 g/mol. The van der Waals surface area contributed by atoms with E-state index in [1.165, 1.54) is 0 Å². The molecule has 1 heterocycles. The molecule has 0 aliphatic carbocycles. The summed E-state index contributed by atoms with van der Waals surface area (Å²) in [4.78, 5) is 32.6. The van der Waals surface area contributed by atoms with E-state index in [2.05, 4.69) is 9.47 Å². The summed E-state index contributed by atoms with van der Waals surface area (Å²) in [7, 11) is 0. The molecule has 18 heavy (non-hydrogen) atoms. The van der Waals surface area contributed by atoms with E-state index in [1.807, 2.05) is 0 Å². The quantitative estimate of drug-likeness (QED) is 0.257. The topological polar surface area (TPSA) is 151 Å². The third-order valence-corrected chi connectivity index (χ3v) is 2.10. The monoisotopic (exact) mass is 262 g/mol. The van der Waals surface area contributed by atoms with Gasteiger partial charge in [-0.25, -0.2) is 9.59 Å². The van der Waals surface area contributed by atoms with Gasteiger partial charge in [-0.05, 0) is 0 Å². The molecule has 1 rings (SSSR count). The highest BCUT2D eigenvalue weighted by atomic mass is 16.7. The Balaban J connectivity index is 3.00. The zero-order valence-corrected chi connectivity index (χ0v) is 9.11. The van der Waals surface area contributed by atoms with Crippen LogP contribution in [-0.4, -0.2) is 56.6 Å². The van der Waals surface area contributed by atoms with Gasteiger partial charge in [0.15, 0.2) is 5.76 Å². The normalized spacial score (nSPS) is 22.4. The largest absolute Gasteiger partial charge is 0.505 e. The van der Waals surface area contributed by atoms with Crippen molar-refractivity contribution < 1.29 is 44.3 Å². The molecule has 0 amide bonds. The van der Waals surface area contributed by atoms with E-state index in [4.69, 9.17) is 10.2 Å². The highest BCUT2D eigenvalue weighted by Gasteiger charge is 2.52. The molecule has 0 saturated heterocycles. The van der Waals surface area contributed by atoms with Gasteiger partial charge in [0.05, 0.1) is 0 Å². The number of Topliss-reactive ketones (excluding diaryl/α,β-unsaturated/α-hetero) is 1. The Labute approximate surface area is 99.9 Å². The Hall–Kier alpha value is -2.13. The molecule has 9 heteroatoms. The van der Waals surface area contributed by atoms with Gasteiger partial charge in [0.25, 0.3) is 5.79 Å². The smallest absolute Gasteiger partial charge is 0.378 e. The molecule has 2 atom stereocenters. The minimum atomic E-state index is -2.87. The molecular weight excluding hydrogens is 252 g/mol. The van der Waals surface area contributed by atoms with E-state index in [0.29, 0.717) is 0 Å². The number of esters is 2. The average Bonchev–Trinajstić information content (AvgIpc) is 2.57. The second-order valence-corrected chi connectivity index (χ2v) is 3.47. The lowest BCUT2D eigenvalue weighted by Gasteiger charge is -2.29. The summed E-state index contributed by atoms with van der Waals surface area (Å²) in [5, 5.41) is 36.9. The molecule has 1 aliphatic heterocycles. The molecule has 4 N–H and O–H groups in total. The molecule has 100 valence electrons. The van der Waals surface area contributed by atoms with Crippen LogP contribution < -0.4 is 0 Å². The van der Waals surface area contributed by atoms with Gasteiger partial charge in [-0.15, -0.1) is 0 Å². The fourth-order valence-corrected chi connectivity index (χ4v) is 1.15. The van der Waals surface area contributed by atoms with Crippen LogP contribution in [0, 0.1) is 0 Å². The van der Waals surface area contributed by atoms with Gasteiger partial charge >= 0.3 is 11.9 Å². The number of cyclic esters (lactones) is 1. The molecule has 1 aliphatic rings. The molecule has 0 unspecified atom stereocenters. The maximum atomic E-state index is 11.0. The van der Waals surface area contributed by atoms with Gasteiger partial charge in [0, 0.05) is 6.92 Å². The number of aliphatic hydroxyl groups excluding tert-OH is 3. The van der Waals surface area contributed by atoms with E-state index in [9.17, 15) is 24.6 Å². The summed E-state index contributed by atoms with van der Waals surface area (Å²) in [5.41, 5.74) is 0. The van der Waals surface area contributed by atoms with E-state index in [1.54, 1.807) is 0 Å².